The Bertz CT molecular complexity index is 626. The smallest absolute Gasteiger partial charge is 0.353 e. The number of aromatic nitrogens is 2. The summed E-state index contributed by atoms with van der Waals surface area (Å²) in [6.45, 7) is 13.8. The summed E-state index contributed by atoms with van der Waals surface area (Å²) in [4.78, 5) is 24.0. The predicted molar refractivity (Wildman–Crippen MR) is 109 cm³/mol. The number of hydrogen-bond acceptors (Lipinski definition) is 8. The molecule has 1 saturated heterocycles. The minimum absolute atomic E-state index is 0.0814. The van der Waals surface area contributed by atoms with E-state index in [1.807, 2.05) is 4.90 Å². The van der Waals surface area contributed by atoms with Gasteiger partial charge in [-0.3, -0.25) is 10.1 Å². The summed E-state index contributed by atoms with van der Waals surface area (Å²) in [5.41, 5.74) is 5.74. The largest absolute Gasteiger partial charge is 0.378 e. The van der Waals surface area contributed by atoms with Crippen LogP contribution in [0.15, 0.2) is 0 Å². The first-order chi connectivity index (χ1) is 12.8. The lowest BCUT2D eigenvalue weighted by Gasteiger charge is -2.35. The summed E-state index contributed by atoms with van der Waals surface area (Å²) in [6, 6.07) is 0. The number of nitrogen functional groups attached to an aromatic ring is 1. The number of rotatable bonds is 9. The Morgan fingerprint density at radius 2 is 1.89 bits per heavy atom. The number of hydrogen-bond donors (Lipinski definition) is 2. The Balaban J connectivity index is 2.15. The minimum atomic E-state index is -0.473. The Morgan fingerprint density at radius 1 is 1.26 bits per heavy atom. The van der Waals surface area contributed by atoms with E-state index in [-0.39, 0.29) is 11.5 Å². The van der Waals surface area contributed by atoms with Crippen LogP contribution >= 0.6 is 0 Å². The summed E-state index contributed by atoms with van der Waals surface area (Å²) >= 11 is 0. The van der Waals surface area contributed by atoms with Crippen molar-refractivity contribution in [1.82, 2.24) is 14.9 Å². The molecule has 1 aromatic rings. The van der Waals surface area contributed by atoms with E-state index in [1.54, 1.807) is 0 Å². The van der Waals surface area contributed by atoms with Gasteiger partial charge >= 0.3 is 5.69 Å². The molecule has 0 spiro atoms. The lowest BCUT2D eigenvalue weighted by atomic mass is 9.92. The molecule has 152 valence electrons. The van der Waals surface area contributed by atoms with E-state index in [2.05, 4.69) is 47.9 Å². The highest BCUT2D eigenvalue weighted by Crippen LogP contribution is 2.35. The third-order valence-electron chi connectivity index (χ3n) is 5.07. The van der Waals surface area contributed by atoms with E-state index in [9.17, 15) is 10.1 Å². The molecule has 2 rings (SSSR count). The maximum absolute atomic E-state index is 11.6. The topological polar surface area (TPSA) is 113 Å². The Labute approximate surface area is 161 Å². The van der Waals surface area contributed by atoms with Crippen molar-refractivity contribution in [3.05, 3.63) is 10.1 Å². The molecule has 2 heterocycles. The molecule has 27 heavy (non-hydrogen) atoms. The van der Waals surface area contributed by atoms with E-state index in [0.717, 1.165) is 45.6 Å². The van der Waals surface area contributed by atoms with Crippen molar-refractivity contribution >= 4 is 23.3 Å². The zero-order chi connectivity index (χ0) is 20.0. The van der Waals surface area contributed by atoms with Crippen molar-refractivity contribution in [2.45, 2.75) is 40.5 Å². The fourth-order valence-corrected chi connectivity index (χ4v) is 3.81. The molecule has 9 heteroatoms. The Kier molecular flexibility index (Phi) is 7.58. The number of anilines is 3. The fraction of sp³-hybridized carbons (Fsp3) is 0.778. The van der Waals surface area contributed by atoms with Crippen LogP contribution in [-0.2, 0) is 0 Å². The zero-order valence-electron chi connectivity index (χ0n) is 16.9. The molecule has 1 fully saturated rings. The van der Waals surface area contributed by atoms with Crippen molar-refractivity contribution in [1.29, 1.82) is 0 Å². The highest BCUT2D eigenvalue weighted by atomic mass is 16.6. The molecule has 1 aliphatic heterocycles. The lowest BCUT2D eigenvalue weighted by Crippen LogP contribution is -2.39. The first kappa shape index (κ1) is 21.1. The molecule has 0 aliphatic carbocycles. The highest BCUT2D eigenvalue weighted by molar-refractivity contribution is 5.71. The van der Waals surface area contributed by atoms with Gasteiger partial charge in [0.15, 0.2) is 0 Å². The maximum Gasteiger partial charge on any atom is 0.353 e. The van der Waals surface area contributed by atoms with Gasteiger partial charge in [-0.2, -0.15) is 9.97 Å². The average Bonchev–Trinajstić information content (AvgIpc) is 2.60. The first-order valence-corrected chi connectivity index (χ1v) is 9.88. The normalized spacial score (nSPS) is 20.1. The monoisotopic (exact) mass is 379 g/mol. The molecule has 3 N–H and O–H groups in total. The molecule has 0 unspecified atom stereocenters. The van der Waals surface area contributed by atoms with Gasteiger partial charge in [0.05, 0.1) is 4.92 Å². The van der Waals surface area contributed by atoms with E-state index in [1.165, 1.54) is 0 Å². The Hall–Kier alpha value is -2.16. The third kappa shape index (κ3) is 5.66. The molecule has 2 atom stereocenters. The predicted octanol–water partition coefficient (Wildman–Crippen LogP) is 2.59. The van der Waals surface area contributed by atoms with Gasteiger partial charge in [0.1, 0.15) is 0 Å². The number of nitrogens with two attached hydrogens (primary N) is 1. The second-order valence-corrected chi connectivity index (χ2v) is 7.52. The summed E-state index contributed by atoms with van der Waals surface area (Å²) in [5.74, 6) is 1.52. The average molecular weight is 380 g/mol. The van der Waals surface area contributed by atoms with Gasteiger partial charge in [0.2, 0.25) is 17.6 Å². The highest BCUT2D eigenvalue weighted by Gasteiger charge is 2.31. The Morgan fingerprint density at radius 3 is 2.44 bits per heavy atom. The van der Waals surface area contributed by atoms with Crippen molar-refractivity contribution in [2.24, 2.45) is 11.8 Å². The van der Waals surface area contributed by atoms with Crippen LogP contribution in [0.25, 0.3) is 0 Å². The molecule has 0 saturated carbocycles. The lowest BCUT2D eigenvalue weighted by molar-refractivity contribution is -0.383. The van der Waals surface area contributed by atoms with E-state index < -0.39 is 4.92 Å². The van der Waals surface area contributed by atoms with Gasteiger partial charge in [-0.1, -0.05) is 27.7 Å². The number of nitrogens with one attached hydrogen (secondary N) is 1. The standard InChI is InChI=1S/C18H33N7O2/c1-5-23(6-2)9-7-8-20-18-21-16(19)15(25(26)27)17(22-18)24-11-13(3)10-14(4)12-24/h13-14H,5-12H2,1-4H3,(H3,19,20,21,22)/t13-,14-/m0/s1. The van der Waals surface area contributed by atoms with Crippen LogP contribution in [0.1, 0.15) is 40.5 Å². The second-order valence-electron chi connectivity index (χ2n) is 7.52. The fourth-order valence-electron chi connectivity index (χ4n) is 3.81. The van der Waals surface area contributed by atoms with Crippen LogP contribution in [-0.4, -0.2) is 59.1 Å². The van der Waals surface area contributed by atoms with Crippen molar-refractivity contribution < 1.29 is 4.92 Å². The molecule has 9 nitrogen and oxygen atoms in total. The summed E-state index contributed by atoms with van der Waals surface area (Å²) in [6.07, 6.45) is 2.05. The zero-order valence-corrected chi connectivity index (χ0v) is 16.9. The number of nitrogens with zero attached hydrogens (tertiary/aromatic N) is 5. The molecule has 0 radical (unpaired) electrons. The van der Waals surface area contributed by atoms with Crippen LogP contribution < -0.4 is 16.0 Å². The van der Waals surface area contributed by atoms with Gasteiger partial charge in [0.25, 0.3) is 0 Å². The molecule has 0 amide bonds. The number of nitro groups is 1. The SMILES string of the molecule is CCN(CC)CCCNc1nc(N)c([N+](=O)[O-])c(N2C[C@@H](C)C[C@H](C)C2)n1. The summed E-state index contributed by atoms with van der Waals surface area (Å²) in [7, 11) is 0. The van der Waals surface area contributed by atoms with Gasteiger partial charge < -0.3 is 20.9 Å². The summed E-state index contributed by atoms with van der Waals surface area (Å²) < 4.78 is 0. The van der Waals surface area contributed by atoms with Gasteiger partial charge in [0, 0.05) is 19.6 Å². The van der Waals surface area contributed by atoms with E-state index in [0.29, 0.717) is 30.1 Å². The molecule has 1 aliphatic rings. The third-order valence-corrected chi connectivity index (χ3v) is 5.07. The van der Waals surface area contributed by atoms with Gasteiger partial charge in [-0.15, -0.1) is 0 Å². The van der Waals surface area contributed by atoms with Gasteiger partial charge in [-0.05, 0) is 44.3 Å². The van der Waals surface area contributed by atoms with E-state index in [4.69, 9.17) is 5.73 Å². The van der Waals surface area contributed by atoms with Crippen molar-refractivity contribution in [3.63, 3.8) is 0 Å². The minimum Gasteiger partial charge on any atom is -0.378 e. The van der Waals surface area contributed by atoms with Gasteiger partial charge in [-0.25, -0.2) is 0 Å². The quantitative estimate of drug-likeness (QED) is 0.382. The van der Waals surface area contributed by atoms with Crippen LogP contribution in [0, 0.1) is 22.0 Å². The van der Waals surface area contributed by atoms with Crippen LogP contribution in [0.4, 0.5) is 23.3 Å². The maximum atomic E-state index is 11.6. The van der Waals surface area contributed by atoms with E-state index >= 15 is 0 Å². The molecular weight excluding hydrogens is 346 g/mol. The van der Waals surface area contributed by atoms with Crippen LogP contribution in [0.5, 0.6) is 0 Å². The molecule has 1 aromatic heterocycles. The van der Waals surface area contributed by atoms with Crippen molar-refractivity contribution in [2.75, 3.05) is 55.2 Å². The second kappa shape index (κ2) is 9.68. The molecular formula is C18H33N7O2. The van der Waals surface area contributed by atoms with Crippen LogP contribution in [0.2, 0.25) is 0 Å². The number of piperidine rings is 1. The first-order valence-electron chi connectivity index (χ1n) is 9.88. The molecule has 0 bridgehead atoms. The van der Waals surface area contributed by atoms with Crippen LogP contribution in [0.3, 0.4) is 0 Å². The molecule has 0 aromatic carbocycles. The van der Waals surface area contributed by atoms with Crippen molar-refractivity contribution in [3.8, 4) is 0 Å². The summed E-state index contributed by atoms with van der Waals surface area (Å²) in [5, 5.41) is 14.7.